The maximum atomic E-state index is 5.03. The molecule has 6 aromatic heterocycles. The lowest BCUT2D eigenvalue weighted by atomic mass is 10.0. The first kappa shape index (κ1) is 26.8. The van der Waals surface area contributed by atoms with Crippen molar-refractivity contribution in [3.8, 4) is 0 Å². The van der Waals surface area contributed by atoms with Gasteiger partial charge < -0.3 is 9.80 Å². The molecule has 232 valence electrons. The number of fused-ring (bicyclic) bond motifs is 14. The number of anilines is 6. The summed E-state index contributed by atoms with van der Waals surface area (Å²) >= 11 is 0. The molecule has 0 N–H and O–H groups in total. The van der Waals surface area contributed by atoms with Crippen molar-refractivity contribution >= 4 is 99.8 Å². The highest BCUT2D eigenvalue weighted by Gasteiger charge is 2.31. The molecule has 0 aliphatic carbocycles. The summed E-state index contributed by atoms with van der Waals surface area (Å²) in [5.74, 6) is 0. The Labute approximate surface area is 283 Å². The van der Waals surface area contributed by atoms with Crippen LogP contribution in [-0.2, 0) is 0 Å². The third kappa shape index (κ3) is 3.66. The molecular formula is C40H22N10. The maximum Gasteiger partial charge on any atom is 0.0989 e. The van der Waals surface area contributed by atoms with E-state index in [1.165, 1.54) is 0 Å². The van der Waals surface area contributed by atoms with E-state index in [4.69, 9.17) is 39.9 Å². The first-order chi connectivity index (χ1) is 24.8. The van der Waals surface area contributed by atoms with Gasteiger partial charge in [0.05, 0.1) is 90.7 Å². The molecule has 0 spiro atoms. The average molecular weight is 643 g/mol. The number of hydrogen-bond donors (Lipinski definition) is 0. The molecule has 0 amide bonds. The fraction of sp³-hybridized carbons (Fsp3) is 0. The van der Waals surface area contributed by atoms with E-state index in [1.807, 2.05) is 36.7 Å². The molecule has 1 aliphatic rings. The average Bonchev–Trinajstić information content (AvgIpc) is 3.20. The van der Waals surface area contributed by atoms with Crippen LogP contribution < -0.4 is 9.80 Å². The fourth-order valence-corrected chi connectivity index (χ4v) is 7.43. The zero-order valence-electron chi connectivity index (χ0n) is 26.2. The summed E-state index contributed by atoms with van der Waals surface area (Å²) in [7, 11) is 0. The third-order valence-corrected chi connectivity index (χ3v) is 9.47. The number of aromatic nitrogens is 8. The van der Waals surface area contributed by atoms with Crippen molar-refractivity contribution in [2.45, 2.75) is 0 Å². The molecule has 7 heterocycles. The molecule has 0 radical (unpaired) electrons. The highest BCUT2D eigenvalue weighted by molar-refractivity contribution is 6.22. The van der Waals surface area contributed by atoms with Crippen molar-refractivity contribution in [1.29, 1.82) is 0 Å². The van der Waals surface area contributed by atoms with Gasteiger partial charge in [-0.1, -0.05) is 24.3 Å². The molecule has 1 aliphatic heterocycles. The predicted molar refractivity (Wildman–Crippen MR) is 197 cm³/mol. The molecule has 0 bridgehead atoms. The van der Waals surface area contributed by atoms with Gasteiger partial charge in [0, 0.05) is 58.7 Å². The minimum absolute atomic E-state index is 0.789. The number of benzene rings is 4. The van der Waals surface area contributed by atoms with E-state index < -0.39 is 0 Å². The Morgan fingerprint density at radius 1 is 0.300 bits per heavy atom. The summed E-state index contributed by atoms with van der Waals surface area (Å²) in [4.78, 5) is 42.9. The first-order valence-electron chi connectivity index (χ1n) is 16.2. The summed E-state index contributed by atoms with van der Waals surface area (Å²) in [5, 5.41) is 3.64. The Hall–Kier alpha value is -7.20. The van der Waals surface area contributed by atoms with Gasteiger partial charge in [-0.25, -0.2) is 0 Å². The highest BCUT2D eigenvalue weighted by atomic mass is 15.3. The maximum absolute atomic E-state index is 5.03. The summed E-state index contributed by atoms with van der Waals surface area (Å²) in [6.07, 6.45) is 14.3. The molecule has 50 heavy (non-hydrogen) atoms. The predicted octanol–water partition coefficient (Wildman–Crippen LogP) is 9.02. The van der Waals surface area contributed by atoms with Gasteiger partial charge in [-0.2, -0.15) is 0 Å². The molecule has 11 rings (SSSR count). The van der Waals surface area contributed by atoms with Gasteiger partial charge in [0.15, 0.2) is 0 Å². The quantitative estimate of drug-likeness (QED) is 0.169. The van der Waals surface area contributed by atoms with E-state index in [1.54, 1.807) is 37.2 Å². The molecule has 0 atom stereocenters. The first-order valence-corrected chi connectivity index (χ1v) is 16.2. The molecule has 10 heteroatoms. The Kier molecular flexibility index (Phi) is 5.44. The Bertz CT molecular complexity index is 2710. The van der Waals surface area contributed by atoms with Crippen molar-refractivity contribution in [3.05, 3.63) is 135 Å². The molecule has 0 saturated heterocycles. The lowest BCUT2D eigenvalue weighted by Crippen LogP contribution is -2.24. The summed E-state index contributed by atoms with van der Waals surface area (Å²) < 4.78 is 0. The van der Waals surface area contributed by atoms with Crippen LogP contribution >= 0.6 is 0 Å². The number of nitrogens with zero attached hydrogens (tertiary/aromatic N) is 10. The highest BCUT2D eigenvalue weighted by Crippen LogP contribution is 2.54. The van der Waals surface area contributed by atoms with E-state index in [9.17, 15) is 0 Å². The summed E-state index contributed by atoms with van der Waals surface area (Å²) in [6.45, 7) is 0. The molecule has 10 nitrogen and oxygen atoms in total. The third-order valence-electron chi connectivity index (χ3n) is 9.47. The Morgan fingerprint density at radius 2 is 0.620 bits per heavy atom. The minimum atomic E-state index is 0.789. The van der Waals surface area contributed by atoms with Gasteiger partial charge in [0.1, 0.15) is 0 Å². The summed E-state index contributed by atoms with van der Waals surface area (Å²) in [5.41, 5.74) is 12.1. The lowest BCUT2D eigenvalue weighted by molar-refractivity contribution is 1.16. The van der Waals surface area contributed by atoms with Crippen LogP contribution in [-0.4, -0.2) is 39.9 Å². The SMILES string of the molecule is c1ccc2c(c1)N(c1cnc3c(c1)c1nccnc1c1cccnc13)c1ccccc1N2c1cnc2c(c1)c1nccnc1c1cccnc12. The molecule has 4 aromatic carbocycles. The second-order valence-corrected chi connectivity index (χ2v) is 12.1. The fourth-order valence-electron chi connectivity index (χ4n) is 7.43. The second-order valence-electron chi connectivity index (χ2n) is 12.1. The second kappa shape index (κ2) is 10.1. The topological polar surface area (TPSA) is 110 Å². The van der Waals surface area contributed by atoms with Crippen molar-refractivity contribution in [2.75, 3.05) is 9.80 Å². The smallest absolute Gasteiger partial charge is 0.0989 e. The number of rotatable bonds is 2. The Morgan fingerprint density at radius 3 is 1.00 bits per heavy atom. The van der Waals surface area contributed by atoms with Crippen molar-refractivity contribution in [2.24, 2.45) is 0 Å². The van der Waals surface area contributed by atoms with Crippen molar-refractivity contribution in [3.63, 3.8) is 0 Å². The van der Waals surface area contributed by atoms with Gasteiger partial charge >= 0.3 is 0 Å². The molecule has 0 unspecified atom stereocenters. The standard InChI is InChI=1S/C40H22N10/c1-2-10-30-29(9-1)49(23-19-27-37-33(43-15-17-45-37)25-7-5-13-41-35(25)39(27)47-21-23)31-11-3-4-12-32(31)50(30)24-20-28-38-34(44-16-18-46-38)26-8-6-14-42-36(26)40(28)48-22-24/h1-22H. The van der Waals surface area contributed by atoms with Gasteiger partial charge in [-0.15, -0.1) is 0 Å². The van der Waals surface area contributed by atoms with Crippen LogP contribution in [0.2, 0.25) is 0 Å². The van der Waals surface area contributed by atoms with Crippen LogP contribution in [0.25, 0.3) is 65.7 Å². The van der Waals surface area contributed by atoms with Crippen LogP contribution in [0, 0.1) is 0 Å². The van der Waals surface area contributed by atoms with E-state index in [-0.39, 0.29) is 0 Å². The molecular weight excluding hydrogens is 621 g/mol. The van der Waals surface area contributed by atoms with E-state index in [2.05, 4.69) is 70.5 Å². The molecule has 0 fully saturated rings. The van der Waals surface area contributed by atoms with E-state index >= 15 is 0 Å². The normalized spacial score (nSPS) is 12.7. The van der Waals surface area contributed by atoms with Crippen LogP contribution in [0.5, 0.6) is 0 Å². The van der Waals surface area contributed by atoms with Crippen LogP contribution in [0.4, 0.5) is 34.1 Å². The van der Waals surface area contributed by atoms with Crippen LogP contribution in [0.15, 0.2) is 135 Å². The van der Waals surface area contributed by atoms with Crippen LogP contribution in [0.3, 0.4) is 0 Å². The van der Waals surface area contributed by atoms with E-state index in [0.29, 0.717) is 0 Å². The number of para-hydroxylation sites is 4. The monoisotopic (exact) mass is 642 g/mol. The number of hydrogen-bond acceptors (Lipinski definition) is 10. The van der Waals surface area contributed by atoms with Crippen molar-refractivity contribution < 1.29 is 0 Å². The largest absolute Gasteiger partial charge is 0.305 e. The van der Waals surface area contributed by atoms with Gasteiger partial charge in [-0.3, -0.25) is 39.9 Å². The minimum Gasteiger partial charge on any atom is -0.305 e. The summed E-state index contributed by atoms with van der Waals surface area (Å²) in [6, 6.07) is 29.0. The molecule has 10 aromatic rings. The van der Waals surface area contributed by atoms with Crippen molar-refractivity contribution in [1.82, 2.24) is 39.9 Å². The van der Waals surface area contributed by atoms with Crippen LogP contribution in [0.1, 0.15) is 0 Å². The zero-order valence-corrected chi connectivity index (χ0v) is 26.2. The van der Waals surface area contributed by atoms with Gasteiger partial charge in [0.2, 0.25) is 0 Å². The zero-order chi connectivity index (χ0) is 32.8. The lowest BCUT2D eigenvalue weighted by Gasteiger charge is -2.40. The molecule has 0 saturated carbocycles. The van der Waals surface area contributed by atoms with Gasteiger partial charge in [0.25, 0.3) is 0 Å². The van der Waals surface area contributed by atoms with E-state index in [0.717, 1.165) is 99.8 Å². The Balaban J connectivity index is 1.15. The number of pyridine rings is 4. The van der Waals surface area contributed by atoms with Gasteiger partial charge in [-0.05, 0) is 60.7 Å².